The zero-order chi connectivity index (χ0) is 17.0. The number of halogens is 3. The molecule has 0 atom stereocenters. The van der Waals surface area contributed by atoms with E-state index in [0.29, 0.717) is 14.8 Å². The minimum Gasteiger partial charge on any atom is -0.506 e. The number of amides is 1. The third-order valence-corrected chi connectivity index (χ3v) is 4.63. The van der Waals surface area contributed by atoms with Crippen LogP contribution in [0.4, 0.5) is 5.69 Å². The van der Waals surface area contributed by atoms with E-state index in [2.05, 4.69) is 37.2 Å². The van der Waals surface area contributed by atoms with Gasteiger partial charge in [0.15, 0.2) is 0 Å². The van der Waals surface area contributed by atoms with Gasteiger partial charge in [-0.3, -0.25) is 4.79 Å². The van der Waals surface area contributed by atoms with Gasteiger partial charge in [-0.2, -0.15) is 5.26 Å². The number of rotatable bonds is 3. The van der Waals surface area contributed by atoms with Gasteiger partial charge in [0, 0.05) is 20.2 Å². The van der Waals surface area contributed by atoms with Crippen molar-refractivity contribution < 1.29 is 9.90 Å². The van der Waals surface area contributed by atoms with Gasteiger partial charge in [-0.15, -0.1) is 0 Å². The summed E-state index contributed by atoms with van der Waals surface area (Å²) in [5.74, 6) is -0.512. The third-order valence-electron chi connectivity index (χ3n) is 2.82. The van der Waals surface area contributed by atoms with Gasteiger partial charge in [0.2, 0.25) is 0 Å². The van der Waals surface area contributed by atoms with E-state index >= 15 is 0 Å². The van der Waals surface area contributed by atoms with Crippen LogP contribution in [0.1, 0.15) is 5.56 Å². The first kappa shape index (κ1) is 18.0. The number of nitrogens with zero attached hydrogens (tertiary/aromatic N) is 1. The number of carbonyl (C=O) groups excluding carboxylic acids is 1. The fourth-order valence-corrected chi connectivity index (χ4v) is 3.55. The molecule has 2 aromatic rings. The summed E-state index contributed by atoms with van der Waals surface area (Å²) in [5, 5.41) is 21.9. The SMILES string of the molecule is N#C/C(=C\c1cc(Br)cc(I)c1O)C(=O)Nc1ccc(Br)cc1. The van der Waals surface area contributed by atoms with E-state index < -0.39 is 5.91 Å². The van der Waals surface area contributed by atoms with Gasteiger partial charge in [0.1, 0.15) is 17.4 Å². The lowest BCUT2D eigenvalue weighted by atomic mass is 10.1. The summed E-state index contributed by atoms with van der Waals surface area (Å²) >= 11 is 8.61. The van der Waals surface area contributed by atoms with E-state index in [1.807, 2.05) is 28.7 Å². The molecule has 0 unspecified atom stereocenters. The standard InChI is InChI=1S/C16H9Br2IN2O2/c17-11-1-3-13(4-2-11)21-16(23)10(8-20)5-9-6-12(18)7-14(19)15(9)22/h1-7,22H,(H,21,23)/b10-5+. The number of phenols is 1. The fraction of sp³-hybridized carbons (Fsp3) is 0. The molecule has 0 radical (unpaired) electrons. The van der Waals surface area contributed by atoms with Crippen molar-refractivity contribution in [2.24, 2.45) is 0 Å². The molecule has 23 heavy (non-hydrogen) atoms. The van der Waals surface area contributed by atoms with Crippen molar-refractivity contribution in [3.05, 3.63) is 60.1 Å². The van der Waals surface area contributed by atoms with E-state index in [1.54, 1.807) is 36.4 Å². The topological polar surface area (TPSA) is 73.1 Å². The van der Waals surface area contributed by atoms with Crippen LogP contribution in [0.15, 0.2) is 50.9 Å². The highest BCUT2D eigenvalue weighted by atomic mass is 127. The van der Waals surface area contributed by atoms with Crippen LogP contribution in [0.3, 0.4) is 0 Å². The Morgan fingerprint density at radius 2 is 1.87 bits per heavy atom. The van der Waals surface area contributed by atoms with Crippen LogP contribution in [0.25, 0.3) is 6.08 Å². The molecule has 2 rings (SSSR count). The third kappa shape index (κ3) is 4.80. The summed E-state index contributed by atoms with van der Waals surface area (Å²) in [5.41, 5.74) is 0.871. The molecule has 7 heteroatoms. The van der Waals surface area contributed by atoms with Crippen molar-refractivity contribution in [1.82, 2.24) is 0 Å². The van der Waals surface area contributed by atoms with Crippen LogP contribution >= 0.6 is 54.5 Å². The Morgan fingerprint density at radius 1 is 1.22 bits per heavy atom. The molecule has 0 aliphatic rings. The maximum Gasteiger partial charge on any atom is 0.266 e. The summed E-state index contributed by atoms with van der Waals surface area (Å²) < 4.78 is 2.26. The molecular formula is C16H9Br2IN2O2. The summed E-state index contributed by atoms with van der Waals surface area (Å²) in [6.07, 6.45) is 1.36. The molecule has 0 aliphatic heterocycles. The molecule has 0 bridgehead atoms. The van der Waals surface area contributed by atoms with E-state index in [1.165, 1.54) is 6.08 Å². The van der Waals surface area contributed by atoms with Crippen molar-refractivity contribution in [3.8, 4) is 11.8 Å². The lowest BCUT2D eigenvalue weighted by Gasteiger charge is -2.06. The summed E-state index contributed by atoms with van der Waals surface area (Å²) in [6, 6.07) is 12.2. The van der Waals surface area contributed by atoms with Gasteiger partial charge in [-0.25, -0.2) is 0 Å². The van der Waals surface area contributed by atoms with Crippen molar-refractivity contribution in [2.45, 2.75) is 0 Å². The molecule has 0 aromatic heterocycles. The molecule has 1 amide bonds. The van der Waals surface area contributed by atoms with Crippen LogP contribution in [0, 0.1) is 14.9 Å². The van der Waals surface area contributed by atoms with Crippen molar-refractivity contribution in [3.63, 3.8) is 0 Å². The number of phenolic OH excluding ortho intramolecular Hbond substituents is 1. The van der Waals surface area contributed by atoms with Gasteiger partial charge >= 0.3 is 0 Å². The average molecular weight is 548 g/mol. The number of hydrogen-bond acceptors (Lipinski definition) is 3. The molecule has 116 valence electrons. The van der Waals surface area contributed by atoms with E-state index in [9.17, 15) is 15.2 Å². The smallest absolute Gasteiger partial charge is 0.266 e. The lowest BCUT2D eigenvalue weighted by molar-refractivity contribution is -0.112. The number of aromatic hydroxyl groups is 1. The minimum atomic E-state index is -0.538. The maximum atomic E-state index is 12.2. The Morgan fingerprint density at radius 3 is 2.48 bits per heavy atom. The highest BCUT2D eigenvalue weighted by Crippen LogP contribution is 2.30. The van der Waals surface area contributed by atoms with Gasteiger partial charge in [0.25, 0.3) is 5.91 Å². The maximum absolute atomic E-state index is 12.2. The molecule has 0 fully saturated rings. The average Bonchev–Trinajstić information content (AvgIpc) is 2.51. The predicted molar refractivity (Wildman–Crippen MR) is 105 cm³/mol. The first-order chi connectivity index (χ1) is 10.9. The highest BCUT2D eigenvalue weighted by molar-refractivity contribution is 14.1. The van der Waals surface area contributed by atoms with Gasteiger partial charge in [0.05, 0.1) is 3.57 Å². The highest BCUT2D eigenvalue weighted by Gasteiger charge is 2.12. The van der Waals surface area contributed by atoms with E-state index in [-0.39, 0.29) is 11.3 Å². The number of anilines is 1. The van der Waals surface area contributed by atoms with E-state index in [4.69, 9.17) is 0 Å². The van der Waals surface area contributed by atoms with Crippen LogP contribution < -0.4 is 5.32 Å². The minimum absolute atomic E-state index is 0.0259. The zero-order valence-corrected chi connectivity index (χ0v) is 16.8. The Hall–Kier alpha value is -1.37. The Bertz CT molecular complexity index is 827. The first-order valence-electron chi connectivity index (χ1n) is 6.27. The molecule has 0 aliphatic carbocycles. The van der Waals surface area contributed by atoms with Crippen LogP contribution in [-0.4, -0.2) is 11.0 Å². The number of nitriles is 1. The molecule has 2 aromatic carbocycles. The molecule has 0 heterocycles. The summed E-state index contributed by atoms with van der Waals surface area (Å²) in [7, 11) is 0. The van der Waals surface area contributed by atoms with Gasteiger partial charge in [-0.1, -0.05) is 31.9 Å². The monoisotopic (exact) mass is 546 g/mol. The second kappa shape index (κ2) is 7.95. The number of carbonyl (C=O) groups is 1. The normalized spacial score (nSPS) is 11.0. The number of nitrogens with one attached hydrogen (secondary N) is 1. The zero-order valence-electron chi connectivity index (χ0n) is 11.5. The predicted octanol–water partition coefficient (Wildman–Crippen LogP) is 5.07. The van der Waals surface area contributed by atoms with Gasteiger partial charge in [-0.05, 0) is 65.1 Å². The first-order valence-corrected chi connectivity index (χ1v) is 8.94. The van der Waals surface area contributed by atoms with Crippen LogP contribution in [0.5, 0.6) is 5.75 Å². The molecule has 4 nitrogen and oxygen atoms in total. The molecule has 2 N–H and O–H groups in total. The molecule has 0 spiro atoms. The van der Waals surface area contributed by atoms with Crippen molar-refractivity contribution in [2.75, 3.05) is 5.32 Å². The molecule has 0 saturated carbocycles. The van der Waals surface area contributed by atoms with Crippen LogP contribution in [0.2, 0.25) is 0 Å². The number of hydrogen-bond donors (Lipinski definition) is 2. The molecular weight excluding hydrogens is 539 g/mol. The summed E-state index contributed by atoms with van der Waals surface area (Å²) in [6.45, 7) is 0. The quantitative estimate of drug-likeness (QED) is 0.320. The fourth-order valence-electron chi connectivity index (χ4n) is 1.73. The van der Waals surface area contributed by atoms with E-state index in [0.717, 1.165) is 8.95 Å². The Labute approximate surface area is 163 Å². The lowest BCUT2D eigenvalue weighted by Crippen LogP contribution is -2.13. The second-order valence-corrected chi connectivity index (χ2v) is 7.45. The summed E-state index contributed by atoms with van der Waals surface area (Å²) in [4.78, 5) is 12.2. The Balaban J connectivity index is 2.30. The molecule has 0 saturated heterocycles. The Kier molecular flexibility index (Phi) is 6.21. The van der Waals surface area contributed by atoms with Crippen molar-refractivity contribution in [1.29, 1.82) is 5.26 Å². The van der Waals surface area contributed by atoms with Gasteiger partial charge < -0.3 is 10.4 Å². The largest absolute Gasteiger partial charge is 0.506 e. The van der Waals surface area contributed by atoms with Crippen LogP contribution in [-0.2, 0) is 4.79 Å². The second-order valence-electron chi connectivity index (χ2n) is 4.46. The number of benzene rings is 2. The van der Waals surface area contributed by atoms with Crippen molar-refractivity contribution >= 4 is 72.1 Å².